The molecule has 1 atom stereocenters. The quantitative estimate of drug-likeness (QED) is 0.428. The summed E-state index contributed by atoms with van der Waals surface area (Å²) >= 11 is 0. The van der Waals surface area contributed by atoms with Crippen molar-refractivity contribution in [3.05, 3.63) is 45.9 Å². The third-order valence-corrected chi connectivity index (χ3v) is 6.00. The molecule has 0 saturated carbocycles. The van der Waals surface area contributed by atoms with Crippen LogP contribution in [-0.2, 0) is 32.1 Å². The summed E-state index contributed by atoms with van der Waals surface area (Å²) < 4.78 is 50.1. The van der Waals surface area contributed by atoms with Crippen molar-refractivity contribution in [2.45, 2.75) is 19.2 Å². The van der Waals surface area contributed by atoms with Crippen LogP contribution < -0.4 is 10.5 Å². The van der Waals surface area contributed by atoms with Crippen LogP contribution >= 0.6 is 0 Å². The Balaban J connectivity index is 1.67. The zero-order valence-electron chi connectivity index (χ0n) is 19.4. The first-order valence-corrected chi connectivity index (χ1v) is 10.7. The summed E-state index contributed by atoms with van der Waals surface area (Å²) in [6.07, 6.45) is -1.40. The van der Waals surface area contributed by atoms with Gasteiger partial charge in [-0.1, -0.05) is 0 Å². The van der Waals surface area contributed by atoms with Crippen LogP contribution in [0.2, 0.25) is 0 Å². The van der Waals surface area contributed by atoms with Gasteiger partial charge >= 0.3 is 6.18 Å². The highest BCUT2D eigenvalue weighted by molar-refractivity contribution is 5.88. The topological polar surface area (TPSA) is 109 Å². The monoisotopic (exact) mass is 489 g/mol. The summed E-state index contributed by atoms with van der Waals surface area (Å²) in [6.45, 7) is 2.80. The molecule has 5 rings (SSSR count). The van der Waals surface area contributed by atoms with E-state index in [0.29, 0.717) is 25.5 Å². The highest BCUT2D eigenvalue weighted by atomic mass is 19.4. The van der Waals surface area contributed by atoms with E-state index in [4.69, 9.17) is 4.74 Å². The van der Waals surface area contributed by atoms with Crippen LogP contribution in [0.15, 0.2) is 23.3 Å². The van der Waals surface area contributed by atoms with Crippen molar-refractivity contribution in [3.8, 4) is 11.4 Å². The second-order valence-corrected chi connectivity index (χ2v) is 8.38. The summed E-state index contributed by atoms with van der Waals surface area (Å²) in [5.74, 6) is 0.573. The van der Waals surface area contributed by atoms with E-state index in [-0.39, 0.29) is 34.5 Å². The van der Waals surface area contributed by atoms with E-state index in [1.54, 1.807) is 31.9 Å². The van der Waals surface area contributed by atoms with Crippen molar-refractivity contribution >= 4 is 17.0 Å². The van der Waals surface area contributed by atoms with Gasteiger partial charge in [-0.3, -0.25) is 18.7 Å². The van der Waals surface area contributed by atoms with E-state index in [9.17, 15) is 18.0 Å². The van der Waals surface area contributed by atoms with Crippen LogP contribution in [0.4, 0.5) is 19.1 Å². The molecule has 4 aromatic rings. The molecule has 1 aliphatic heterocycles. The Bertz CT molecular complexity index is 1490. The lowest BCUT2D eigenvalue weighted by molar-refractivity contribution is -0.141. The second kappa shape index (κ2) is 8.15. The predicted molar refractivity (Wildman–Crippen MR) is 119 cm³/mol. The minimum Gasteiger partial charge on any atom is -0.370 e. The lowest BCUT2D eigenvalue weighted by Crippen LogP contribution is -2.39. The number of rotatable bonds is 3. The summed E-state index contributed by atoms with van der Waals surface area (Å²) in [5.41, 5.74) is -0.322. The first-order chi connectivity index (χ1) is 16.5. The van der Waals surface area contributed by atoms with Gasteiger partial charge in [-0.2, -0.15) is 23.4 Å². The van der Waals surface area contributed by atoms with Gasteiger partial charge in [-0.05, 0) is 13.0 Å². The third kappa shape index (κ3) is 4.03. The SMILES string of the molecule is Cc1nc2c(-c3cc(C(F)(F)F)nn3C)nc(N3CCOC(c4cnn(C)c4)C3)nc2c(=O)n1C. The molecule has 1 fully saturated rings. The molecular formula is C21H22F3N9O2. The molecule has 35 heavy (non-hydrogen) atoms. The summed E-state index contributed by atoms with van der Waals surface area (Å²) in [5, 5.41) is 7.78. The van der Waals surface area contributed by atoms with Crippen molar-refractivity contribution in [2.24, 2.45) is 21.1 Å². The Hall–Kier alpha value is -3.81. The number of hydrogen-bond acceptors (Lipinski definition) is 8. The van der Waals surface area contributed by atoms with Crippen LogP contribution in [-0.4, -0.2) is 58.8 Å². The lowest BCUT2D eigenvalue weighted by Gasteiger charge is -2.32. The van der Waals surface area contributed by atoms with Crippen LogP contribution in [0.1, 0.15) is 23.2 Å². The Morgan fingerprint density at radius 3 is 2.54 bits per heavy atom. The molecule has 0 aromatic carbocycles. The fourth-order valence-corrected chi connectivity index (χ4v) is 4.03. The normalized spacial score (nSPS) is 16.9. The Morgan fingerprint density at radius 1 is 1.11 bits per heavy atom. The van der Waals surface area contributed by atoms with E-state index in [1.165, 1.54) is 11.6 Å². The number of aromatic nitrogens is 8. The Kier molecular flexibility index (Phi) is 5.34. The predicted octanol–water partition coefficient (Wildman–Crippen LogP) is 1.76. The number of alkyl halides is 3. The number of ether oxygens (including phenoxy) is 1. The minimum atomic E-state index is -4.64. The van der Waals surface area contributed by atoms with Crippen LogP contribution in [0.25, 0.3) is 22.4 Å². The first kappa shape index (κ1) is 23.0. The molecule has 184 valence electrons. The largest absolute Gasteiger partial charge is 0.435 e. The summed E-state index contributed by atoms with van der Waals surface area (Å²) in [4.78, 5) is 28.4. The number of anilines is 1. The molecule has 11 nitrogen and oxygen atoms in total. The molecule has 0 aliphatic carbocycles. The van der Waals surface area contributed by atoms with Crippen LogP contribution in [0.5, 0.6) is 0 Å². The third-order valence-electron chi connectivity index (χ3n) is 6.00. The number of nitrogens with zero attached hydrogens (tertiary/aromatic N) is 9. The van der Waals surface area contributed by atoms with Gasteiger partial charge in [0.25, 0.3) is 5.56 Å². The Labute approximate surface area is 196 Å². The van der Waals surface area contributed by atoms with Crippen molar-refractivity contribution < 1.29 is 17.9 Å². The highest BCUT2D eigenvalue weighted by Gasteiger charge is 2.35. The molecule has 1 aliphatic rings. The molecule has 0 spiro atoms. The van der Waals surface area contributed by atoms with Gasteiger partial charge in [0.15, 0.2) is 11.2 Å². The average molecular weight is 489 g/mol. The molecule has 14 heteroatoms. The van der Waals surface area contributed by atoms with Gasteiger partial charge in [0.2, 0.25) is 5.95 Å². The molecule has 0 radical (unpaired) electrons. The van der Waals surface area contributed by atoms with E-state index in [0.717, 1.165) is 16.3 Å². The maximum Gasteiger partial charge on any atom is 0.435 e. The maximum atomic E-state index is 13.4. The van der Waals surface area contributed by atoms with Crippen LogP contribution in [0.3, 0.4) is 0 Å². The number of morpholine rings is 1. The van der Waals surface area contributed by atoms with Gasteiger partial charge < -0.3 is 9.64 Å². The van der Waals surface area contributed by atoms with E-state index in [1.807, 2.05) is 11.1 Å². The van der Waals surface area contributed by atoms with Crippen molar-refractivity contribution in [2.75, 3.05) is 24.6 Å². The van der Waals surface area contributed by atoms with Crippen LogP contribution in [0, 0.1) is 6.92 Å². The Morgan fingerprint density at radius 2 is 1.89 bits per heavy atom. The van der Waals surface area contributed by atoms with Gasteiger partial charge in [0.1, 0.15) is 23.1 Å². The van der Waals surface area contributed by atoms with Gasteiger partial charge in [0, 0.05) is 39.4 Å². The van der Waals surface area contributed by atoms with Gasteiger partial charge in [0.05, 0.1) is 25.0 Å². The summed E-state index contributed by atoms with van der Waals surface area (Å²) in [7, 11) is 4.75. The van der Waals surface area contributed by atoms with Crippen molar-refractivity contribution in [1.29, 1.82) is 0 Å². The number of aryl methyl sites for hydroxylation is 3. The fraction of sp³-hybridized carbons (Fsp3) is 0.429. The molecule has 1 saturated heterocycles. The molecule has 1 unspecified atom stereocenters. The van der Waals surface area contributed by atoms with Crippen molar-refractivity contribution in [1.82, 2.24) is 39.1 Å². The number of hydrogen-bond donors (Lipinski definition) is 0. The highest BCUT2D eigenvalue weighted by Crippen LogP contribution is 2.33. The average Bonchev–Trinajstić information content (AvgIpc) is 3.43. The molecule has 0 bridgehead atoms. The smallest absolute Gasteiger partial charge is 0.370 e. The molecule has 4 aromatic heterocycles. The lowest BCUT2D eigenvalue weighted by atomic mass is 10.1. The van der Waals surface area contributed by atoms with Gasteiger partial charge in [-0.25, -0.2) is 15.0 Å². The van der Waals surface area contributed by atoms with E-state index in [2.05, 4.69) is 25.1 Å². The second-order valence-electron chi connectivity index (χ2n) is 8.38. The molecule has 0 amide bonds. The summed E-state index contributed by atoms with van der Waals surface area (Å²) in [6, 6.07) is 0.901. The zero-order chi connectivity index (χ0) is 25.1. The maximum absolute atomic E-state index is 13.4. The first-order valence-electron chi connectivity index (χ1n) is 10.7. The fourth-order valence-electron chi connectivity index (χ4n) is 4.03. The van der Waals surface area contributed by atoms with E-state index >= 15 is 0 Å². The molecule has 5 heterocycles. The van der Waals surface area contributed by atoms with Gasteiger partial charge in [-0.15, -0.1) is 0 Å². The number of fused-ring (bicyclic) bond motifs is 1. The molecular weight excluding hydrogens is 467 g/mol. The van der Waals surface area contributed by atoms with E-state index < -0.39 is 17.4 Å². The molecule has 0 N–H and O–H groups in total. The minimum absolute atomic E-state index is 0.0114. The standard InChI is InChI=1S/C21H22F3N9O2/c1-11-26-17-16(13-7-15(21(22,23)24)29-32(13)4)27-20(28-18(17)19(34)31(11)3)33-5-6-35-14(10-33)12-8-25-30(2)9-12/h7-9,14H,5-6,10H2,1-4H3. The zero-order valence-corrected chi connectivity index (χ0v) is 19.4. The van der Waals surface area contributed by atoms with Crippen molar-refractivity contribution in [3.63, 3.8) is 0 Å². The number of halogens is 3.